The molecule has 1 N–H and O–H groups in total. The van der Waals surface area contributed by atoms with Crippen LogP contribution in [0.15, 0.2) is 0 Å². The van der Waals surface area contributed by atoms with Crippen molar-refractivity contribution in [1.29, 1.82) is 0 Å². The molecule has 146 valence electrons. The number of aryl methyl sites for hydroxylation is 1. The van der Waals surface area contributed by atoms with Crippen LogP contribution in [0, 0.1) is 13.8 Å². The minimum atomic E-state index is -0.0731. The first-order chi connectivity index (χ1) is 12.2. The van der Waals surface area contributed by atoms with Gasteiger partial charge in [0.1, 0.15) is 0 Å². The molecule has 7 heteroatoms. The first-order valence-electron chi connectivity index (χ1n) is 9.50. The summed E-state index contributed by atoms with van der Waals surface area (Å²) in [5.41, 5.74) is 2.33. The van der Waals surface area contributed by atoms with E-state index in [1.54, 1.807) is 0 Å². The Morgan fingerprint density at radius 1 is 1.35 bits per heavy atom. The van der Waals surface area contributed by atoms with E-state index in [4.69, 9.17) is 0 Å². The predicted octanol–water partition coefficient (Wildman–Crippen LogP) is 1.75. The Balaban J connectivity index is 1.91. The smallest absolute Gasteiger partial charge is 0.255 e. The summed E-state index contributed by atoms with van der Waals surface area (Å²) < 4.78 is 1.89. The SMILES string of the molecule is Cc1nn(C(C)C)c(C)c1C(=O)NCC[C@H]1CCC(=O)N1CCN(C)C. The molecule has 1 aromatic heterocycles. The van der Waals surface area contributed by atoms with Crippen molar-refractivity contribution in [3.63, 3.8) is 0 Å². The molecule has 0 unspecified atom stereocenters. The van der Waals surface area contributed by atoms with Gasteiger partial charge in [0.05, 0.1) is 11.3 Å². The molecular weight excluding hydrogens is 330 g/mol. The zero-order valence-corrected chi connectivity index (χ0v) is 17.0. The number of likely N-dealkylation sites (N-methyl/N-ethyl adjacent to an activating group) is 1. The minimum Gasteiger partial charge on any atom is -0.352 e. The van der Waals surface area contributed by atoms with Crippen LogP contribution in [-0.2, 0) is 4.79 Å². The van der Waals surface area contributed by atoms with Crippen molar-refractivity contribution >= 4 is 11.8 Å². The summed E-state index contributed by atoms with van der Waals surface area (Å²) in [6, 6.07) is 0.452. The Bertz CT molecular complexity index is 651. The maximum absolute atomic E-state index is 12.6. The lowest BCUT2D eigenvalue weighted by Gasteiger charge is -2.26. The van der Waals surface area contributed by atoms with E-state index in [1.165, 1.54) is 0 Å². The number of hydrogen-bond donors (Lipinski definition) is 1. The highest BCUT2D eigenvalue weighted by atomic mass is 16.2. The minimum absolute atomic E-state index is 0.0731. The number of nitrogens with zero attached hydrogens (tertiary/aromatic N) is 4. The molecule has 1 aromatic rings. The van der Waals surface area contributed by atoms with Crippen molar-refractivity contribution in [2.45, 2.75) is 59.0 Å². The Hall–Kier alpha value is -1.89. The average Bonchev–Trinajstić information content (AvgIpc) is 3.05. The standard InChI is InChI=1S/C19H33N5O2/c1-13(2)24-15(4)18(14(3)21-24)19(26)20-10-9-16-7-8-17(25)23(16)12-11-22(5)6/h13,16H,7-12H2,1-6H3,(H,20,26)/t16-/m1/s1. The molecule has 1 aliphatic rings. The number of aromatic nitrogens is 2. The van der Waals surface area contributed by atoms with Gasteiger partial charge in [-0.15, -0.1) is 0 Å². The first kappa shape index (κ1) is 20.4. The Morgan fingerprint density at radius 3 is 2.62 bits per heavy atom. The van der Waals surface area contributed by atoms with Crippen molar-refractivity contribution in [3.05, 3.63) is 17.0 Å². The van der Waals surface area contributed by atoms with Gasteiger partial charge in [0, 0.05) is 43.8 Å². The van der Waals surface area contributed by atoms with Gasteiger partial charge in [-0.2, -0.15) is 5.10 Å². The van der Waals surface area contributed by atoms with E-state index >= 15 is 0 Å². The van der Waals surface area contributed by atoms with E-state index < -0.39 is 0 Å². The van der Waals surface area contributed by atoms with Gasteiger partial charge < -0.3 is 15.1 Å². The van der Waals surface area contributed by atoms with Crippen LogP contribution in [0.2, 0.25) is 0 Å². The Kier molecular flexibility index (Phi) is 6.81. The fourth-order valence-electron chi connectivity index (χ4n) is 3.64. The molecule has 0 bridgehead atoms. The molecule has 26 heavy (non-hydrogen) atoms. The summed E-state index contributed by atoms with van der Waals surface area (Å²) in [4.78, 5) is 28.7. The summed E-state index contributed by atoms with van der Waals surface area (Å²) in [6.07, 6.45) is 2.29. The molecule has 2 heterocycles. The third-order valence-corrected chi connectivity index (χ3v) is 5.04. The number of nitrogens with one attached hydrogen (secondary N) is 1. The number of hydrogen-bond acceptors (Lipinski definition) is 4. The molecule has 0 aromatic carbocycles. The number of carbonyl (C=O) groups is 2. The van der Waals surface area contributed by atoms with Gasteiger partial charge in [-0.25, -0.2) is 0 Å². The molecule has 0 aliphatic carbocycles. The van der Waals surface area contributed by atoms with Gasteiger partial charge in [0.2, 0.25) is 5.91 Å². The summed E-state index contributed by atoms with van der Waals surface area (Å²) in [5.74, 6) is 0.157. The maximum Gasteiger partial charge on any atom is 0.255 e. The van der Waals surface area contributed by atoms with E-state index in [0.717, 1.165) is 37.3 Å². The molecule has 1 aliphatic heterocycles. The molecule has 0 spiro atoms. The second kappa shape index (κ2) is 8.66. The van der Waals surface area contributed by atoms with Gasteiger partial charge in [0.25, 0.3) is 5.91 Å². The molecule has 7 nitrogen and oxygen atoms in total. The molecule has 2 amide bonds. The van der Waals surface area contributed by atoms with Crippen LogP contribution < -0.4 is 5.32 Å². The van der Waals surface area contributed by atoms with E-state index in [0.29, 0.717) is 18.5 Å². The lowest BCUT2D eigenvalue weighted by Crippen LogP contribution is -2.40. The third-order valence-electron chi connectivity index (χ3n) is 5.04. The van der Waals surface area contributed by atoms with E-state index in [1.807, 2.05) is 37.5 Å². The summed E-state index contributed by atoms with van der Waals surface area (Å²) in [5, 5.41) is 7.50. The topological polar surface area (TPSA) is 70.5 Å². The van der Waals surface area contributed by atoms with Crippen LogP contribution in [0.25, 0.3) is 0 Å². The number of likely N-dealkylation sites (tertiary alicyclic amines) is 1. The summed E-state index contributed by atoms with van der Waals surface area (Å²) in [6.45, 7) is 10.1. The monoisotopic (exact) mass is 363 g/mol. The van der Waals surface area contributed by atoms with Crippen molar-refractivity contribution in [3.8, 4) is 0 Å². The maximum atomic E-state index is 12.6. The van der Waals surface area contributed by atoms with Gasteiger partial charge >= 0.3 is 0 Å². The van der Waals surface area contributed by atoms with Crippen molar-refractivity contribution < 1.29 is 9.59 Å². The number of rotatable bonds is 8. The molecular formula is C19H33N5O2. The highest BCUT2D eigenvalue weighted by Crippen LogP contribution is 2.21. The summed E-state index contributed by atoms with van der Waals surface area (Å²) in [7, 11) is 4.02. The molecule has 1 fully saturated rings. The third kappa shape index (κ3) is 4.63. The fourth-order valence-corrected chi connectivity index (χ4v) is 3.64. The predicted molar refractivity (Wildman–Crippen MR) is 102 cm³/mol. The second-order valence-electron chi connectivity index (χ2n) is 7.71. The van der Waals surface area contributed by atoms with E-state index in [-0.39, 0.29) is 23.9 Å². The molecule has 0 radical (unpaired) electrons. The first-order valence-corrected chi connectivity index (χ1v) is 9.50. The average molecular weight is 364 g/mol. The van der Waals surface area contributed by atoms with E-state index in [2.05, 4.69) is 29.2 Å². The van der Waals surface area contributed by atoms with Gasteiger partial charge in [-0.05, 0) is 54.6 Å². The van der Waals surface area contributed by atoms with Crippen LogP contribution in [0.5, 0.6) is 0 Å². The molecule has 2 rings (SSSR count). The zero-order valence-electron chi connectivity index (χ0n) is 17.0. The lowest BCUT2D eigenvalue weighted by molar-refractivity contribution is -0.129. The zero-order chi connectivity index (χ0) is 19.4. The van der Waals surface area contributed by atoms with Gasteiger partial charge in [-0.1, -0.05) is 0 Å². The largest absolute Gasteiger partial charge is 0.352 e. The number of amides is 2. The van der Waals surface area contributed by atoms with Crippen molar-refractivity contribution in [2.24, 2.45) is 0 Å². The van der Waals surface area contributed by atoms with Crippen LogP contribution >= 0.6 is 0 Å². The van der Waals surface area contributed by atoms with Crippen molar-refractivity contribution in [1.82, 2.24) is 24.9 Å². The van der Waals surface area contributed by atoms with E-state index in [9.17, 15) is 9.59 Å². The van der Waals surface area contributed by atoms with Crippen LogP contribution in [0.3, 0.4) is 0 Å². The Morgan fingerprint density at radius 2 is 2.04 bits per heavy atom. The van der Waals surface area contributed by atoms with Gasteiger partial charge in [0.15, 0.2) is 0 Å². The van der Waals surface area contributed by atoms with Gasteiger partial charge in [-0.3, -0.25) is 14.3 Å². The van der Waals surface area contributed by atoms with Crippen LogP contribution in [0.1, 0.15) is 60.9 Å². The highest BCUT2D eigenvalue weighted by molar-refractivity contribution is 5.96. The Labute approximate surface area is 156 Å². The summed E-state index contributed by atoms with van der Waals surface area (Å²) >= 11 is 0. The molecule has 1 saturated heterocycles. The lowest BCUT2D eigenvalue weighted by atomic mass is 10.1. The highest BCUT2D eigenvalue weighted by Gasteiger charge is 2.30. The molecule has 0 saturated carbocycles. The normalized spacial score (nSPS) is 17.6. The van der Waals surface area contributed by atoms with Crippen LogP contribution in [0.4, 0.5) is 0 Å². The molecule has 1 atom stereocenters. The van der Waals surface area contributed by atoms with Crippen molar-refractivity contribution in [2.75, 3.05) is 33.7 Å². The number of carbonyl (C=O) groups excluding carboxylic acids is 2. The van der Waals surface area contributed by atoms with Crippen LogP contribution in [-0.4, -0.2) is 71.2 Å². The fraction of sp³-hybridized carbons (Fsp3) is 0.737. The second-order valence-corrected chi connectivity index (χ2v) is 7.71. The quantitative estimate of drug-likeness (QED) is 0.764.